The minimum Gasteiger partial charge on any atom is -0.384 e. The molecule has 1 aromatic carbocycles. The first kappa shape index (κ1) is 14.1. The van der Waals surface area contributed by atoms with Gasteiger partial charge in [-0.1, -0.05) is 18.2 Å². The van der Waals surface area contributed by atoms with E-state index in [1.54, 1.807) is 6.20 Å². The summed E-state index contributed by atoms with van der Waals surface area (Å²) in [6.07, 6.45) is 2.85. The molecule has 0 radical (unpaired) electrons. The van der Waals surface area contributed by atoms with Crippen molar-refractivity contribution in [2.45, 2.75) is 13.1 Å². The average molecular weight is 272 g/mol. The van der Waals surface area contributed by atoms with Crippen LogP contribution in [0.1, 0.15) is 16.7 Å². The van der Waals surface area contributed by atoms with E-state index in [4.69, 9.17) is 11.1 Å². The van der Waals surface area contributed by atoms with Crippen LogP contribution in [0.15, 0.2) is 42.7 Å². The second-order valence-corrected chi connectivity index (χ2v) is 4.80. The molecule has 0 spiro atoms. The molecule has 20 heavy (non-hydrogen) atoms. The predicted octanol–water partition coefficient (Wildman–Crippen LogP) is 2.14. The third-order valence-corrected chi connectivity index (χ3v) is 2.90. The quantitative estimate of drug-likeness (QED) is 0.647. The van der Waals surface area contributed by atoms with Gasteiger partial charge in [-0.15, -0.1) is 0 Å². The highest BCUT2D eigenvalue weighted by atomic mass is 19.1. The Labute approximate surface area is 117 Å². The fourth-order valence-corrected chi connectivity index (χ4v) is 2.06. The Morgan fingerprint density at radius 3 is 2.70 bits per heavy atom. The number of halogens is 1. The zero-order valence-electron chi connectivity index (χ0n) is 11.3. The number of hydrogen-bond donors (Lipinski definition) is 2. The van der Waals surface area contributed by atoms with Crippen molar-refractivity contribution in [3.05, 3.63) is 65.2 Å². The van der Waals surface area contributed by atoms with Crippen molar-refractivity contribution in [3.63, 3.8) is 0 Å². The lowest BCUT2D eigenvalue weighted by Crippen LogP contribution is -2.18. The number of nitrogen functional groups attached to an aromatic ring is 1. The number of nitrogens with zero attached hydrogens (tertiary/aromatic N) is 2. The Bertz CT molecular complexity index is 612. The van der Waals surface area contributed by atoms with Crippen molar-refractivity contribution in [1.82, 2.24) is 9.88 Å². The zero-order chi connectivity index (χ0) is 14.5. The molecule has 1 heterocycles. The van der Waals surface area contributed by atoms with Crippen molar-refractivity contribution in [1.29, 1.82) is 5.41 Å². The highest BCUT2D eigenvalue weighted by Crippen LogP contribution is 2.10. The van der Waals surface area contributed by atoms with Crippen LogP contribution in [0, 0.1) is 11.2 Å². The first-order valence-electron chi connectivity index (χ1n) is 6.26. The Morgan fingerprint density at radius 1 is 1.25 bits per heavy atom. The molecular formula is C15H17FN4. The van der Waals surface area contributed by atoms with Crippen LogP contribution in [-0.2, 0) is 13.1 Å². The molecule has 0 saturated carbocycles. The number of aromatic nitrogens is 1. The van der Waals surface area contributed by atoms with Crippen LogP contribution in [-0.4, -0.2) is 22.8 Å². The number of nitrogens with two attached hydrogens (primary N) is 1. The van der Waals surface area contributed by atoms with Crippen LogP contribution in [0.4, 0.5) is 4.39 Å². The molecule has 0 saturated heterocycles. The molecule has 4 nitrogen and oxygen atoms in total. The fraction of sp³-hybridized carbons (Fsp3) is 0.200. The molecule has 0 atom stereocenters. The number of nitrogens with one attached hydrogen (secondary N) is 1. The van der Waals surface area contributed by atoms with Gasteiger partial charge in [0.2, 0.25) is 0 Å². The lowest BCUT2D eigenvalue weighted by atomic mass is 10.1. The summed E-state index contributed by atoms with van der Waals surface area (Å²) < 4.78 is 13.1. The van der Waals surface area contributed by atoms with Gasteiger partial charge in [0.05, 0.1) is 6.20 Å². The first-order chi connectivity index (χ1) is 9.54. The van der Waals surface area contributed by atoms with Crippen LogP contribution >= 0.6 is 0 Å². The van der Waals surface area contributed by atoms with Crippen molar-refractivity contribution >= 4 is 5.84 Å². The fourth-order valence-electron chi connectivity index (χ4n) is 2.06. The first-order valence-corrected chi connectivity index (χ1v) is 6.26. The van der Waals surface area contributed by atoms with Crippen molar-refractivity contribution < 1.29 is 4.39 Å². The van der Waals surface area contributed by atoms with Crippen LogP contribution in [0.3, 0.4) is 0 Å². The molecular weight excluding hydrogens is 255 g/mol. The maximum atomic E-state index is 13.1. The van der Waals surface area contributed by atoms with Gasteiger partial charge in [-0.2, -0.15) is 0 Å². The predicted molar refractivity (Wildman–Crippen MR) is 76.8 cm³/mol. The Balaban J connectivity index is 2.02. The summed E-state index contributed by atoms with van der Waals surface area (Å²) in [6, 6.07) is 9.04. The summed E-state index contributed by atoms with van der Waals surface area (Å²) in [6.45, 7) is 1.30. The number of benzene rings is 1. The Morgan fingerprint density at radius 2 is 2.00 bits per heavy atom. The third kappa shape index (κ3) is 3.86. The molecule has 0 fully saturated rings. The molecule has 5 heteroatoms. The molecule has 104 valence electrons. The van der Waals surface area contributed by atoms with Gasteiger partial charge in [-0.05, 0) is 30.3 Å². The summed E-state index contributed by atoms with van der Waals surface area (Å²) in [5.41, 5.74) is 8.07. The minimum atomic E-state index is -0.325. The van der Waals surface area contributed by atoms with Gasteiger partial charge in [-0.3, -0.25) is 15.3 Å². The summed E-state index contributed by atoms with van der Waals surface area (Å²) in [7, 11) is 1.95. The topological polar surface area (TPSA) is 66.0 Å². The molecule has 2 rings (SSSR count). The second kappa shape index (κ2) is 6.25. The monoisotopic (exact) mass is 272 g/mol. The molecule has 0 unspecified atom stereocenters. The van der Waals surface area contributed by atoms with E-state index in [9.17, 15) is 4.39 Å². The lowest BCUT2D eigenvalue weighted by molar-refractivity contribution is 0.318. The van der Waals surface area contributed by atoms with Crippen molar-refractivity contribution in [3.8, 4) is 0 Å². The Kier molecular flexibility index (Phi) is 4.42. The number of pyridine rings is 1. The van der Waals surface area contributed by atoms with E-state index in [0.717, 1.165) is 11.1 Å². The van der Waals surface area contributed by atoms with Gasteiger partial charge in [-0.25, -0.2) is 4.39 Å². The molecule has 2 aromatic rings. The van der Waals surface area contributed by atoms with E-state index < -0.39 is 0 Å². The lowest BCUT2D eigenvalue weighted by Gasteiger charge is -2.17. The smallest absolute Gasteiger partial charge is 0.141 e. The summed E-state index contributed by atoms with van der Waals surface area (Å²) in [5, 5.41) is 7.43. The largest absolute Gasteiger partial charge is 0.384 e. The van der Waals surface area contributed by atoms with E-state index in [1.807, 2.05) is 31.3 Å². The highest BCUT2D eigenvalue weighted by Gasteiger charge is 2.05. The van der Waals surface area contributed by atoms with E-state index in [0.29, 0.717) is 18.7 Å². The van der Waals surface area contributed by atoms with Gasteiger partial charge in [0.15, 0.2) is 0 Å². The second-order valence-electron chi connectivity index (χ2n) is 4.80. The molecule has 1 aromatic heterocycles. The molecule has 0 aliphatic rings. The van der Waals surface area contributed by atoms with E-state index in [-0.39, 0.29) is 11.7 Å². The van der Waals surface area contributed by atoms with E-state index in [2.05, 4.69) is 9.88 Å². The average Bonchev–Trinajstić information content (AvgIpc) is 2.38. The number of hydrogen-bond acceptors (Lipinski definition) is 3. The van der Waals surface area contributed by atoms with E-state index >= 15 is 0 Å². The summed E-state index contributed by atoms with van der Waals surface area (Å²) >= 11 is 0. The van der Waals surface area contributed by atoms with E-state index in [1.165, 1.54) is 12.3 Å². The Hall–Kier alpha value is -2.27. The number of amidine groups is 1. The van der Waals surface area contributed by atoms with Gasteiger partial charge in [0.25, 0.3) is 0 Å². The molecule has 0 aliphatic carbocycles. The normalized spacial score (nSPS) is 10.8. The summed E-state index contributed by atoms with van der Waals surface area (Å²) in [5.74, 6) is -0.265. The van der Waals surface area contributed by atoms with Gasteiger partial charge in [0, 0.05) is 24.8 Å². The highest BCUT2D eigenvalue weighted by molar-refractivity contribution is 5.95. The molecule has 0 bridgehead atoms. The maximum Gasteiger partial charge on any atom is 0.141 e. The molecule has 3 N–H and O–H groups in total. The van der Waals surface area contributed by atoms with Crippen LogP contribution < -0.4 is 5.73 Å². The van der Waals surface area contributed by atoms with Gasteiger partial charge >= 0.3 is 0 Å². The van der Waals surface area contributed by atoms with Crippen LogP contribution in [0.25, 0.3) is 0 Å². The summed E-state index contributed by atoms with van der Waals surface area (Å²) in [4.78, 5) is 5.89. The van der Waals surface area contributed by atoms with Gasteiger partial charge < -0.3 is 5.73 Å². The van der Waals surface area contributed by atoms with Crippen LogP contribution in [0.5, 0.6) is 0 Å². The number of rotatable bonds is 5. The van der Waals surface area contributed by atoms with Crippen molar-refractivity contribution in [2.75, 3.05) is 7.05 Å². The molecule has 0 amide bonds. The van der Waals surface area contributed by atoms with Crippen LogP contribution in [0.2, 0.25) is 0 Å². The maximum absolute atomic E-state index is 13.1. The van der Waals surface area contributed by atoms with Gasteiger partial charge in [0.1, 0.15) is 11.7 Å². The standard InChI is InChI=1S/C15H17FN4/c1-20(10-12-6-14(16)8-19-7-12)9-11-3-2-4-13(5-11)15(17)18/h2-8H,9-10H2,1H3,(H3,17,18). The molecule has 0 aliphatic heterocycles. The SMILES string of the molecule is CN(Cc1cncc(F)c1)Cc1cccc(C(=N)N)c1. The zero-order valence-corrected chi connectivity index (χ0v) is 11.3. The third-order valence-electron chi connectivity index (χ3n) is 2.90. The minimum absolute atomic E-state index is 0.0591. The van der Waals surface area contributed by atoms with Crippen molar-refractivity contribution in [2.24, 2.45) is 5.73 Å².